The molecule has 0 aliphatic heterocycles. The van der Waals surface area contributed by atoms with Gasteiger partial charge in [0, 0.05) is 5.56 Å². The summed E-state index contributed by atoms with van der Waals surface area (Å²) in [5.41, 5.74) is 1.10. The third-order valence-corrected chi connectivity index (χ3v) is 3.15. The van der Waals surface area contributed by atoms with E-state index in [0.717, 1.165) is 18.2 Å². The van der Waals surface area contributed by atoms with Gasteiger partial charge in [0.15, 0.2) is 5.78 Å². The van der Waals surface area contributed by atoms with Gasteiger partial charge in [0.1, 0.15) is 5.82 Å². The van der Waals surface area contributed by atoms with Crippen LogP contribution in [0.2, 0.25) is 0 Å². The van der Waals surface area contributed by atoms with E-state index in [9.17, 15) is 24.2 Å². The lowest BCUT2D eigenvalue weighted by Crippen LogP contribution is -2.04. The molecule has 0 saturated carbocycles. The van der Waals surface area contributed by atoms with E-state index in [1.54, 1.807) is 6.07 Å². The van der Waals surface area contributed by atoms with Crippen LogP contribution in [0.1, 0.15) is 33.2 Å². The highest BCUT2D eigenvalue weighted by Crippen LogP contribution is 2.29. The van der Waals surface area contributed by atoms with Gasteiger partial charge in [0.05, 0.1) is 12.2 Å². The minimum atomic E-state index is -1.21. The van der Waals surface area contributed by atoms with E-state index in [2.05, 4.69) is 0 Å². The van der Waals surface area contributed by atoms with Crippen molar-refractivity contribution in [3.63, 3.8) is 0 Å². The van der Waals surface area contributed by atoms with Gasteiger partial charge in [-0.15, -0.1) is 0 Å². The molecule has 2 aromatic carbocycles. The summed E-state index contributed by atoms with van der Waals surface area (Å²) in [7, 11) is 0. The number of rotatable bonds is 4. The number of ketones is 1. The number of aromatic carboxylic acids is 1. The normalized spacial score (nSPS) is 10.4. The van der Waals surface area contributed by atoms with E-state index in [4.69, 9.17) is 0 Å². The molecule has 21 heavy (non-hydrogen) atoms. The third kappa shape index (κ3) is 2.98. The zero-order valence-corrected chi connectivity index (χ0v) is 11.3. The van der Waals surface area contributed by atoms with Gasteiger partial charge in [-0.2, -0.15) is 0 Å². The fraction of sp³-hybridized carbons (Fsp3) is 0.125. The SMILES string of the molecule is CC(=O)c1ccc(CO)cc1-c1cc(F)ccc1C(=O)O. The van der Waals surface area contributed by atoms with Crippen LogP contribution < -0.4 is 0 Å². The van der Waals surface area contributed by atoms with Crippen LogP contribution in [0.15, 0.2) is 36.4 Å². The fourth-order valence-electron chi connectivity index (χ4n) is 2.15. The molecule has 5 heteroatoms. The Morgan fingerprint density at radius 2 is 1.67 bits per heavy atom. The van der Waals surface area contributed by atoms with Crippen molar-refractivity contribution in [2.24, 2.45) is 0 Å². The summed E-state index contributed by atoms with van der Waals surface area (Å²) in [6, 6.07) is 7.85. The number of aliphatic hydroxyl groups is 1. The van der Waals surface area contributed by atoms with Crippen molar-refractivity contribution >= 4 is 11.8 Å². The largest absolute Gasteiger partial charge is 0.478 e. The summed E-state index contributed by atoms with van der Waals surface area (Å²) in [5, 5.41) is 18.4. The van der Waals surface area contributed by atoms with Gasteiger partial charge in [0.2, 0.25) is 0 Å². The molecule has 0 saturated heterocycles. The average Bonchev–Trinajstić information content (AvgIpc) is 2.46. The Morgan fingerprint density at radius 1 is 1.05 bits per heavy atom. The number of carboxylic acids is 1. The van der Waals surface area contributed by atoms with Gasteiger partial charge >= 0.3 is 5.97 Å². The third-order valence-electron chi connectivity index (χ3n) is 3.15. The Hall–Kier alpha value is -2.53. The number of hydrogen-bond donors (Lipinski definition) is 2. The van der Waals surface area contributed by atoms with Gasteiger partial charge in [-0.3, -0.25) is 4.79 Å². The fourth-order valence-corrected chi connectivity index (χ4v) is 2.15. The molecule has 0 aliphatic carbocycles. The van der Waals surface area contributed by atoms with Crippen LogP contribution >= 0.6 is 0 Å². The molecule has 0 atom stereocenters. The molecule has 0 aliphatic rings. The summed E-state index contributed by atoms with van der Waals surface area (Å²) >= 11 is 0. The highest BCUT2D eigenvalue weighted by molar-refractivity contribution is 6.04. The average molecular weight is 288 g/mol. The first kappa shape index (κ1) is 14.9. The Bertz CT molecular complexity index is 722. The van der Waals surface area contributed by atoms with Crippen LogP contribution in [0.4, 0.5) is 4.39 Å². The van der Waals surface area contributed by atoms with Crippen molar-refractivity contribution in [1.82, 2.24) is 0 Å². The first-order valence-electron chi connectivity index (χ1n) is 6.22. The predicted octanol–water partition coefficient (Wildman–Crippen LogP) is 2.89. The van der Waals surface area contributed by atoms with Crippen molar-refractivity contribution < 1.29 is 24.2 Å². The summed E-state index contributed by atoms with van der Waals surface area (Å²) in [4.78, 5) is 23.0. The molecule has 0 amide bonds. The number of carbonyl (C=O) groups is 2. The first-order chi connectivity index (χ1) is 9.93. The van der Waals surface area contributed by atoms with E-state index >= 15 is 0 Å². The maximum Gasteiger partial charge on any atom is 0.336 e. The molecule has 0 unspecified atom stereocenters. The van der Waals surface area contributed by atoms with Crippen LogP contribution in [0.5, 0.6) is 0 Å². The highest BCUT2D eigenvalue weighted by atomic mass is 19.1. The zero-order valence-electron chi connectivity index (χ0n) is 11.3. The minimum absolute atomic E-state index is 0.103. The molecule has 0 heterocycles. The molecular weight excluding hydrogens is 275 g/mol. The summed E-state index contributed by atoms with van der Waals surface area (Å²) < 4.78 is 13.5. The highest BCUT2D eigenvalue weighted by Gasteiger charge is 2.17. The maximum absolute atomic E-state index is 13.5. The van der Waals surface area contributed by atoms with Crippen LogP contribution in [0, 0.1) is 5.82 Å². The van der Waals surface area contributed by atoms with E-state index in [0.29, 0.717) is 11.1 Å². The maximum atomic E-state index is 13.5. The zero-order chi connectivity index (χ0) is 15.6. The second-order valence-electron chi connectivity index (χ2n) is 4.59. The number of carboxylic acid groups (broad SMARTS) is 1. The van der Waals surface area contributed by atoms with Crippen molar-refractivity contribution in [1.29, 1.82) is 0 Å². The number of carbonyl (C=O) groups excluding carboxylic acids is 1. The molecule has 0 aromatic heterocycles. The second-order valence-corrected chi connectivity index (χ2v) is 4.59. The molecule has 0 spiro atoms. The molecule has 2 N–H and O–H groups in total. The van der Waals surface area contributed by atoms with E-state index < -0.39 is 11.8 Å². The van der Waals surface area contributed by atoms with E-state index in [1.807, 2.05) is 0 Å². The number of halogens is 1. The molecule has 108 valence electrons. The summed E-state index contributed by atoms with van der Waals surface area (Å²) in [6.45, 7) is 1.08. The molecular formula is C16H13FO4. The van der Waals surface area contributed by atoms with Crippen LogP contribution in [-0.4, -0.2) is 22.0 Å². The number of benzene rings is 2. The Balaban J connectivity index is 2.78. The van der Waals surface area contributed by atoms with Crippen LogP contribution in [0.3, 0.4) is 0 Å². The number of aliphatic hydroxyl groups excluding tert-OH is 1. The van der Waals surface area contributed by atoms with Crippen molar-refractivity contribution in [3.8, 4) is 11.1 Å². The predicted molar refractivity (Wildman–Crippen MR) is 74.7 cm³/mol. The molecule has 0 fully saturated rings. The summed E-state index contributed by atoms with van der Waals surface area (Å²) in [6.07, 6.45) is 0. The van der Waals surface area contributed by atoms with Crippen molar-refractivity contribution in [2.45, 2.75) is 13.5 Å². The molecule has 2 aromatic rings. The van der Waals surface area contributed by atoms with Gasteiger partial charge in [-0.1, -0.05) is 12.1 Å². The molecule has 4 nitrogen and oxygen atoms in total. The lowest BCUT2D eigenvalue weighted by atomic mass is 9.92. The van der Waals surface area contributed by atoms with E-state index in [-0.39, 0.29) is 29.1 Å². The summed E-state index contributed by atoms with van der Waals surface area (Å²) in [5.74, 6) is -2.08. The minimum Gasteiger partial charge on any atom is -0.478 e. The molecule has 0 radical (unpaired) electrons. The number of Topliss-reactive ketones (excluding diaryl/α,β-unsaturated/α-hetero) is 1. The Kier molecular flexibility index (Phi) is 4.14. The first-order valence-corrected chi connectivity index (χ1v) is 6.22. The van der Waals surface area contributed by atoms with E-state index in [1.165, 1.54) is 19.1 Å². The Labute approximate surface area is 120 Å². The quantitative estimate of drug-likeness (QED) is 0.848. The Morgan fingerprint density at radius 3 is 2.24 bits per heavy atom. The molecule has 0 bridgehead atoms. The van der Waals surface area contributed by atoms with Crippen LogP contribution in [0.25, 0.3) is 11.1 Å². The van der Waals surface area contributed by atoms with Crippen molar-refractivity contribution in [3.05, 3.63) is 58.9 Å². The second kappa shape index (κ2) is 5.85. The molecule has 2 rings (SSSR count). The van der Waals surface area contributed by atoms with Gasteiger partial charge < -0.3 is 10.2 Å². The lowest BCUT2D eigenvalue weighted by Gasteiger charge is -2.12. The lowest BCUT2D eigenvalue weighted by molar-refractivity contribution is 0.0697. The van der Waals surface area contributed by atoms with Gasteiger partial charge in [-0.05, 0) is 47.9 Å². The van der Waals surface area contributed by atoms with Crippen LogP contribution in [-0.2, 0) is 6.61 Å². The van der Waals surface area contributed by atoms with Gasteiger partial charge in [0.25, 0.3) is 0 Å². The standard InChI is InChI=1S/C16H13FO4/c1-9(19)12-4-2-10(8-18)6-14(12)15-7-11(17)3-5-13(15)16(20)21/h2-7,18H,8H2,1H3,(H,20,21). The smallest absolute Gasteiger partial charge is 0.336 e. The number of hydrogen-bond acceptors (Lipinski definition) is 3. The topological polar surface area (TPSA) is 74.6 Å². The van der Waals surface area contributed by atoms with Crippen molar-refractivity contribution in [2.75, 3.05) is 0 Å². The van der Waals surface area contributed by atoms with Gasteiger partial charge in [-0.25, -0.2) is 9.18 Å². The monoisotopic (exact) mass is 288 g/mol.